The van der Waals surface area contributed by atoms with Gasteiger partial charge in [-0.25, -0.2) is 14.4 Å². The van der Waals surface area contributed by atoms with E-state index < -0.39 is 24.3 Å². The summed E-state index contributed by atoms with van der Waals surface area (Å²) in [5, 5.41) is 2.38. The molecule has 0 saturated heterocycles. The number of halogens is 3. The van der Waals surface area contributed by atoms with Gasteiger partial charge in [0.15, 0.2) is 5.82 Å². The molecule has 0 aliphatic carbocycles. The predicted octanol–water partition coefficient (Wildman–Crippen LogP) is 2.53. The smallest absolute Gasteiger partial charge is 0.254 e. The summed E-state index contributed by atoms with van der Waals surface area (Å²) >= 11 is 3.31. The van der Waals surface area contributed by atoms with E-state index in [9.17, 15) is 18.4 Å². The Morgan fingerprint density at radius 2 is 2.08 bits per heavy atom. The largest absolute Gasteiger partial charge is 0.329 e. The molecule has 1 aromatic heterocycles. The van der Waals surface area contributed by atoms with E-state index in [0.29, 0.717) is 11.1 Å². The van der Waals surface area contributed by atoms with Crippen LogP contribution < -0.4 is 5.32 Å². The molecule has 6 nitrogen and oxygen atoms in total. The van der Waals surface area contributed by atoms with E-state index >= 15 is 0 Å². The zero-order valence-corrected chi connectivity index (χ0v) is 14.5. The molecule has 0 bridgehead atoms. The number of carbonyl (C=O) groups excluding carboxylic acids is 2. The van der Waals surface area contributed by atoms with Crippen LogP contribution in [0.15, 0.2) is 35.1 Å². The predicted molar refractivity (Wildman–Crippen MR) is 89.4 cm³/mol. The number of carbonyl (C=O) groups is 2. The summed E-state index contributed by atoms with van der Waals surface area (Å²) in [6, 6.07) is 5.03. The lowest BCUT2D eigenvalue weighted by atomic mass is 9.90. The number of amides is 2. The summed E-state index contributed by atoms with van der Waals surface area (Å²) in [5.74, 6) is -2.08. The second kappa shape index (κ2) is 7.22. The minimum Gasteiger partial charge on any atom is -0.329 e. The Morgan fingerprint density at radius 3 is 2.76 bits per heavy atom. The highest BCUT2D eigenvalue weighted by Gasteiger charge is 2.32. The zero-order chi connectivity index (χ0) is 18.0. The third-order valence-electron chi connectivity index (χ3n) is 3.80. The Kier molecular flexibility index (Phi) is 5.03. The number of aromatic nitrogens is 2. The minimum absolute atomic E-state index is 0.0674. The van der Waals surface area contributed by atoms with Crippen molar-refractivity contribution >= 4 is 33.7 Å². The van der Waals surface area contributed by atoms with Gasteiger partial charge in [0, 0.05) is 22.5 Å². The van der Waals surface area contributed by atoms with Gasteiger partial charge in [-0.2, -0.15) is 0 Å². The Balaban J connectivity index is 1.74. The molecule has 0 fully saturated rings. The quantitative estimate of drug-likeness (QED) is 0.839. The average molecular weight is 411 g/mol. The summed E-state index contributed by atoms with van der Waals surface area (Å²) < 4.78 is 26.9. The van der Waals surface area contributed by atoms with Crippen LogP contribution in [0.25, 0.3) is 0 Å². The van der Waals surface area contributed by atoms with Crippen molar-refractivity contribution in [1.82, 2.24) is 14.9 Å². The van der Waals surface area contributed by atoms with Crippen LogP contribution in [-0.4, -0.2) is 46.4 Å². The monoisotopic (exact) mass is 410 g/mol. The lowest BCUT2D eigenvalue weighted by Gasteiger charge is -2.32. The van der Waals surface area contributed by atoms with Crippen LogP contribution in [0.4, 0.5) is 14.7 Å². The molecule has 2 amide bonds. The Morgan fingerprint density at radius 1 is 1.36 bits per heavy atom. The van der Waals surface area contributed by atoms with Crippen molar-refractivity contribution in [3.05, 3.63) is 52.0 Å². The molecular formula is C16H13BrF2N4O2. The van der Waals surface area contributed by atoms with E-state index in [1.807, 2.05) is 0 Å². The first-order valence-corrected chi connectivity index (χ1v) is 8.19. The summed E-state index contributed by atoms with van der Waals surface area (Å²) in [5.41, 5.74) is 1.00. The summed E-state index contributed by atoms with van der Waals surface area (Å²) in [7, 11) is 0. The van der Waals surface area contributed by atoms with Crippen molar-refractivity contribution in [3.63, 3.8) is 0 Å². The van der Waals surface area contributed by atoms with Crippen LogP contribution in [0.1, 0.15) is 21.8 Å². The van der Waals surface area contributed by atoms with Gasteiger partial charge in [0.2, 0.25) is 11.9 Å². The molecular weight excluding hydrogens is 398 g/mol. The van der Waals surface area contributed by atoms with Crippen molar-refractivity contribution in [2.75, 3.05) is 25.1 Å². The van der Waals surface area contributed by atoms with Crippen LogP contribution in [0.5, 0.6) is 0 Å². The molecule has 0 radical (unpaired) electrons. The van der Waals surface area contributed by atoms with E-state index in [-0.39, 0.29) is 24.9 Å². The number of benzene rings is 1. The van der Waals surface area contributed by atoms with Gasteiger partial charge >= 0.3 is 0 Å². The highest BCUT2D eigenvalue weighted by molar-refractivity contribution is 9.10. The zero-order valence-electron chi connectivity index (χ0n) is 12.9. The molecule has 0 unspecified atom stereocenters. The molecule has 1 aliphatic heterocycles. The molecule has 2 heterocycles. The normalized spacial score (nSPS) is 16.5. The second-order valence-electron chi connectivity index (χ2n) is 5.54. The van der Waals surface area contributed by atoms with E-state index in [4.69, 9.17) is 0 Å². The molecule has 1 aliphatic rings. The topological polar surface area (TPSA) is 75.2 Å². The Labute approximate surface area is 150 Å². The van der Waals surface area contributed by atoms with Gasteiger partial charge in [-0.05, 0) is 23.8 Å². The molecule has 9 heteroatoms. The SMILES string of the molecule is O=C(CN1C[C@H](CF)c2cc(Br)ccc2C1=O)Nc1ncc(F)cn1. The van der Waals surface area contributed by atoms with Gasteiger partial charge in [0.05, 0.1) is 19.1 Å². The fourth-order valence-corrected chi connectivity index (χ4v) is 3.05. The summed E-state index contributed by atoms with van der Waals surface area (Å²) in [6.07, 6.45) is 1.84. The molecule has 25 heavy (non-hydrogen) atoms. The molecule has 1 atom stereocenters. The van der Waals surface area contributed by atoms with E-state index in [2.05, 4.69) is 31.2 Å². The number of anilines is 1. The van der Waals surface area contributed by atoms with Crippen molar-refractivity contribution in [3.8, 4) is 0 Å². The van der Waals surface area contributed by atoms with Crippen molar-refractivity contribution in [1.29, 1.82) is 0 Å². The maximum Gasteiger partial charge on any atom is 0.254 e. The summed E-state index contributed by atoms with van der Waals surface area (Å²) in [6.45, 7) is -0.821. The molecule has 0 spiro atoms. The number of fused-ring (bicyclic) bond motifs is 1. The number of rotatable bonds is 4. The molecule has 1 aromatic carbocycles. The Hall–Kier alpha value is -2.42. The minimum atomic E-state index is -0.643. The first-order valence-electron chi connectivity index (χ1n) is 7.40. The maximum absolute atomic E-state index is 13.4. The lowest BCUT2D eigenvalue weighted by Crippen LogP contribution is -2.44. The standard InChI is InChI=1S/C16H13BrF2N4O2/c17-10-1-2-12-13(3-10)9(4-18)7-23(15(12)25)8-14(24)22-16-20-5-11(19)6-21-16/h1-3,5-6,9H,4,7-8H2,(H,20,21,22,24)/t9-/m0/s1. The third kappa shape index (κ3) is 3.81. The number of nitrogens with zero attached hydrogens (tertiary/aromatic N) is 3. The van der Waals surface area contributed by atoms with Crippen molar-refractivity contribution < 1.29 is 18.4 Å². The van der Waals surface area contributed by atoms with E-state index in [0.717, 1.165) is 16.9 Å². The van der Waals surface area contributed by atoms with Gasteiger partial charge in [0.25, 0.3) is 5.91 Å². The van der Waals surface area contributed by atoms with E-state index in [1.54, 1.807) is 18.2 Å². The number of nitrogens with one attached hydrogen (secondary N) is 1. The fourth-order valence-electron chi connectivity index (χ4n) is 2.67. The van der Waals surface area contributed by atoms with Crippen LogP contribution in [0.2, 0.25) is 0 Å². The molecule has 2 aromatic rings. The molecule has 130 valence electrons. The van der Waals surface area contributed by atoms with Crippen LogP contribution >= 0.6 is 15.9 Å². The van der Waals surface area contributed by atoms with Gasteiger partial charge in [0.1, 0.15) is 6.54 Å². The van der Waals surface area contributed by atoms with Gasteiger partial charge in [-0.3, -0.25) is 19.3 Å². The first kappa shape index (κ1) is 17.4. The lowest BCUT2D eigenvalue weighted by molar-refractivity contribution is -0.117. The fraction of sp³-hybridized carbons (Fsp3) is 0.250. The van der Waals surface area contributed by atoms with Crippen LogP contribution in [0, 0.1) is 5.82 Å². The number of hydrogen-bond donors (Lipinski definition) is 1. The molecule has 1 N–H and O–H groups in total. The molecule has 0 saturated carbocycles. The second-order valence-corrected chi connectivity index (χ2v) is 6.46. The highest BCUT2D eigenvalue weighted by atomic mass is 79.9. The summed E-state index contributed by atoms with van der Waals surface area (Å²) in [4.78, 5) is 33.2. The first-order chi connectivity index (χ1) is 12.0. The highest BCUT2D eigenvalue weighted by Crippen LogP contribution is 2.31. The molecule has 3 rings (SSSR count). The third-order valence-corrected chi connectivity index (χ3v) is 4.30. The van der Waals surface area contributed by atoms with E-state index in [1.165, 1.54) is 4.90 Å². The number of alkyl halides is 1. The maximum atomic E-state index is 13.4. The van der Waals surface area contributed by atoms with Crippen molar-refractivity contribution in [2.45, 2.75) is 5.92 Å². The van der Waals surface area contributed by atoms with Gasteiger partial charge in [-0.1, -0.05) is 15.9 Å². The van der Waals surface area contributed by atoms with Crippen LogP contribution in [0.3, 0.4) is 0 Å². The van der Waals surface area contributed by atoms with Gasteiger partial charge in [-0.15, -0.1) is 0 Å². The van der Waals surface area contributed by atoms with Crippen LogP contribution in [-0.2, 0) is 4.79 Å². The Bertz CT molecular complexity index is 816. The van der Waals surface area contributed by atoms with Gasteiger partial charge < -0.3 is 4.90 Å². The average Bonchev–Trinajstić information content (AvgIpc) is 2.59. The number of hydrogen-bond acceptors (Lipinski definition) is 4. The van der Waals surface area contributed by atoms with Crippen molar-refractivity contribution in [2.24, 2.45) is 0 Å².